The van der Waals surface area contributed by atoms with Gasteiger partial charge in [0, 0.05) is 13.1 Å². The lowest BCUT2D eigenvalue weighted by atomic mass is 9.84. The van der Waals surface area contributed by atoms with Crippen LogP contribution in [0.15, 0.2) is 30.3 Å². The van der Waals surface area contributed by atoms with Crippen LogP contribution in [0.4, 0.5) is 9.18 Å². The topological polar surface area (TPSA) is 66.8 Å². The number of carbonyl (C=O) groups excluding carboxylic acids is 1. The van der Waals surface area contributed by atoms with E-state index in [1.165, 1.54) is 4.90 Å². The lowest BCUT2D eigenvalue weighted by Crippen LogP contribution is -2.37. The summed E-state index contributed by atoms with van der Waals surface area (Å²) in [6, 6.07) is 9.22. The average molecular weight is 295 g/mol. The first-order chi connectivity index (χ1) is 10.1. The Morgan fingerprint density at radius 1 is 1.33 bits per heavy atom. The molecule has 1 fully saturated rings. The quantitative estimate of drug-likeness (QED) is 0.906. The molecule has 0 aromatic heterocycles. The van der Waals surface area contributed by atoms with Crippen molar-refractivity contribution in [2.75, 3.05) is 19.8 Å². The number of aliphatic carboxylic acids is 1. The molecule has 1 N–H and O–H groups in total. The predicted octanol–water partition coefficient (Wildman–Crippen LogP) is 2.46. The molecule has 1 aliphatic heterocycles. The maximum atomic E-state index is 12.5. The number of carboxylic acids is 1. The first-order valence-corrected chi connectivity index (χ1v) is 6.82. The van der Waals surface area contributed by atoms with Crippen LogP contribution in [0.3, 0.4) is 0 Å². The van der Waals surface area contributed by atoms with Crippen molar-refractivity contribution in [3.8, 4) is 0 Å². The van der Waals surface area contributed by atoms with E-state index < -0.39 is 24.2 Å². The molecule has 1 atom stereocenters. The van der Waals surface area contributed by atoms with Gasteiger partial charge in [0.15, 0.2) is 0 Å². The maximum Gasteiger partial charge on any atom is 0.410 e. The normalized spacial score (nSPS) is 21.3. The summed E-state index contributed by atoms with van der Waals surface area (Å²) >= 11 is 0. The summed E-state index contributed by atoms with van der Waals surface area (Å²) in [4.78, 5) is 24.6. The number of ether oxygens (including phenoxy) is 1. The Bertz CT molecular complexity index is 508. The van der Waals surface area contributed by atoms with Crippen LogP contribution < -0.4 is 0 Å². The highest BCUT2D eigenvalue weighted by molar-refractivity contribution is 5.77. The number of hydrogen-bond acceptors (Lipinski definition) is 3. The lowest BCUT2D eigenvalue weighted by Gasteiger charge is -2.23. The van der Waals surface area contributed by atoms with E-state index >= 15 is 0 Å². The summed E-state index contributed by atoms with van der Waals surface area (Å²) < 4.78 is 17.7. The van der Waals surface area contributed by atoms with E-state index in [1.807, 2.05) is 30.3 Å². The summed E-state index contributed by atoms with van der Waals surface area (Å²) in [5, 5.41) is 9.26. The Morgan fingerprint density at radius 3 is 2.67 bits per heavy atom. The van der Waals surface area contributed by atoms with Crippen molar-refractivity contribution in [2.45, 2.75) is 19.4 Å². The van der Waals surface area contributed by atoms with Crippen LogP contribution >= 0.6 is 0 Å². The molecule has 0 spiro atoms. The Balaban J connectivity index is 1.91. The van der Waals surface area contributed by atoms with Gasteiger partial charge in [0.2, 0.25) is 0 Å². The molecule has 114 valence electrons. The number of hydrogen-bond donors (Lipinski definition) is 1. The molecule has 0 bridgehead atoms. The molecule has 6 heteroatoms. The van der Waals surface area contributed by atoms with E-state index in [4.69, 9.17) is 4.74 Å². The zero-order chi connectivity index (χ0) is 15.3. The number of benzene rings is 1. The monoisotopic (exact) mass is 295 g/mol. The number of rotatable bonds is 5. The van der Waals surface area contributed by atoms with Gasteiger partial charge in [-0.05, 0) is 18.4 Å². The van der Waals surface area contributed by atoms with Crippen LogP contribution in [0.2, 0.25) is 0 Å². The van der Waals surface area contributed by atoms with Crippen LogP contribution in [-0.2, 0) is 16.1 Å². The highest BCUT2D eigenvalue weighted by Crippen LogP contribution is 2.34. The van der Waals surface area contributed by atoms with Gasteiger partial charge in [0.1, 0.15) is 6.61 Å². The number of carbonyl (C=O) groups is 2. The minimum absolute atomic E-state index is 0.000123. The van der Waals surface area contributed by atoms with Gasteiger partial charge >= 0.3 is 12.1 Å². The third kappa shape index (κ3) is 3.51. The van der Waals surface area contributed by atoms with Crippen molar-refractivity contribution in [1.29, 1.82) is 0 Å². The van der Waals surface area contributed by atoms with Crippen LogP contribution in [0.25, 0.3) is 0 Å². The Hall–Kier alpha value is -2.11. The van der Waals surface area contributed by atoms with E-state index in [2.05, 4.69) is 0 Å². The minimum atomic E-state index is -1.18. The van der Waals surface area contributed by atoms with Crippen molar-refractivity contribution in [1.82, 2.24) is 4.90 Å². The third-order valence-electron chi connectivity index (χ3n) is 3.84. The number of likely N-dealkylation sites (tertiary alicyclic amines) is 1. The lowest BCUT2D eigenvalue weighted by molar-refractivity contribution is -0.148. The van der Waals surface area contributed by atoms with Gasteiger partial charge in [0.05, 0.1) is 12.1 Å². The number of nitrogens with zero attached hydrogens (tertiary/aromatic N) is 1. The Kier molecular flexibility index (Phi) is 4.77. The van der Waals surface area contributed by atoms with E-state index in [0.717, 1.165) is 5.56 Å². The molecule has 1 saturated heterocycles. The van der Waals surface area contributed by atoms with Crippen LogP contribution in [-0.4, -0.2) is 41.8 Å². The summed E-state index contributed by atoms with van der Waals surface area (Å²) in [5.41, 5.74) is -0.321. The van der Waals surface area contributed by atoms with Crippen LogP contribution in [0.1, 0.15) is 18.4 Å². The van der Waals surface area contributed by atoms with Gasteiger partial charge in [-0.15, -0.1) is 0 Å². The van der Waals surface area contributed by atoms with Crippen LogP contribution in [0, 0.1) is 5.41 Å². The fraction of sp³-hybridized carbons (Fsp3) is 0.467. The highest BCUT2D eigenvalue weighted by Gasteiger charge is 2.46. The molecule has 1 amide bonds. The Labute approximate surface area is 122 Å². The zero-order valence-corrected chi connectivity index (χ0v) is 11.6. The number of halogens is 1. The second kappa shape index (κ2) is 6.56. The Morgan fingerprint density at radius 2 is 2.05 bits per heavy atom. The molecule has 1 aliphatic rings. The van der Waals surface area contributed by atoms with Gasteiger partial charge in [-0.25, -0.2) is 4.79 Å². The molecule has 2 rings (SSSR count). The van der Waals surface area contributed by atoms with Gasteiger partial charge in [0.25, 0.3) is 0 Å². The van der Waals surface area contributed by atoms with Crippen molar-refractivity contribution < 1.29 is 23.8 Å². The smallest absolute Gasteiger partial charge is 0.410 e. The van der Waals surface area contributed by atoms with Crippen molar-refractivity contribution in [2.24, 2.45) is 5.41 Å². The second-order valence-electron chi connectivity index (χ2n) is 5.24. The molecule has 0 aliphatic carbocycles. The number of alkyl halides is 1. The molecule has 1 unspecified atom stereocenters. The summed E-state index contributed by atoms with van der Waals surface area (Å²) in [5.74, 6) is -1.06. The average Bonchev–Trinajstić information content (AvgIpc) is 2.92. The van der Waals surface area contributed by atoms with Gasteiger partial charge in [-0.1, -0.05) is 30.3 Å². The highest BCUT2D eigenvalue weighted by atomic mass is 19.1. The summed E-state index contributed by atoms with van der Waals surface area (Å²) in [7, 11) is 0. The molecule has 0 radical (unpaired) electrons. The summed E-state index contributed by atoms with van der Waals surface area (Å²) in [6.07, 6.45) is -0.377. The molecule has 0 saturated carbocycles. The third-order valence-corrected chi connectivity index (χ3v) is 3.84. The standard InChI is InChI=1S/C15H18FNO4/c16-8-6-15(13(18)19)7-9-17(11-15)14(20)21-10-12-4-2-1-3-5-12/h1-5H,6-11H2,(H,18,19). The zero-order valence-electron chi connectivity index (χ0n) is 11.6. The van der Waals surface area contributed by atoms with Gasteiger partial charge in [-0.2, -0.15) is 0 Å². The van der Waals surface area contributed by atoms with Crippen molar-refractivity contribution in [3.63, 3.8) is 0 Å². The number of carboxylic acid groups (broad SMARTS) is 1. The second-order valence-corrected chi connectivity index (χ2v) is 5.24. The van der Waals surface area contributed by atoms with E-state index in [0.29, 0.717) is 0 Å². The van der Waals surface area contributed by atoms with E-state index in [-0.39, 0.29) is 32.5 Å². The van der Waals surface area contributed by atoms with Crippen molar-refractivity contribution in [3.05, 3.63) is 35.9 Å². The van der Waals surface area contributed by atoms with Gasteiger partial charge in [-0.3, -0.25) is 9.18 Å². The molecule has 1 heterocycles. The first-order valence-electron chi connectivity index (χ1n) is 6.82. The largest absolute Gasteiger partial charge is 0.481 e. The fourth-order valence-electron chi connectivity index (χ4n) is 2.51. The fourth-order valence-corrected chi connectivity index (χ4v) is 2.51. The maximum absolute atomic E-state index is 12.5. The van der Waals surface area contributed by atoms with Gasteiger partial charge < -0.3 is 14.7 Å². The molecular weight excluding hydrogens is 277 g/mol. The van der Waals surface area contributed by atoms with Crippen molar-refractivity contribution >= 4 is 12.1 Å². The predicted molar refractivity (Wildman–Crippen MR) is 73.5 cm³/mol. The molecule has 5 nitrogen and oxygen atoms in total. The molecule has 1 aromatic rings. The molecule has 21 heavy (non-hydrogen) atoms. The SMILES string of the molecule is O=C(OCc1ccccc1)N1CCC(CCF)(C(=O)O)C1. The first kappa shape index (κ1) is 15.3. The molecular formula is C15H18FNO4. The number of amides is 1. The molecule has 1 aromatic carbocycles. The van der Waals surface area contributed by atoms with E-state index in [1.54, 1.807) is 0 Å². The van der Waals surface area contributed by atoms with Crippen LogP contribution in [0.5, 0.6) is 0 Å². The van der Waals surface area contributed by atoms with E-state index in [9.17, 15) is 19.1 Å². The minimum Gasteiger partial charge on any atom is -0.481 e. The summed E-state index contributed by atoms with van der Waals surface area (Å²) in [6.45, 7) is -0.293.